The van der Waals surface area contributed by atoms with Gasteiger partial charge in [-0.3, -0.25) is 0 Å². The van der Waals surface area contributed by atoms with Gasteiger partial charge in [-0.25, -0.2) is 0 Å². The van der Waals surface area contributed by atoms with Crippen molar-refractivity contribution in [3.63, 3.8) is 0 Å². The number of hydrogen-bond acceptors (Lipinski definition) is 3. The highest BCUT2D eigenvalue weighted by Gasteiger charge is 2.12. The predicted molar refractivity (Wildman–Crippen MR) is 71.2 cm³/mol. The molecule has 0 N–H and O–H groups in total. The van der Waals surface area contributed by atoms with E-state index in [1.165, 1.54) is 0 Å². The normalized spacial score (nSPS) is 10.8. The van der Waals surface area contributed by atoms with Crippen molar-refractivity contribution in [2.24, 2.45) is 0 Å². The molecule has 0 aliphatic carbocycles. The first-order valence-electron chi connectivity index (χ1n) is 5.36. The molecule has 0 atom stereocenters. The smallest absolute Gasteiger partial charge is 0.248 e. The van der Waals surface area contributed by atoms with Gasteiger partial charge in [-0.15, -0.1) is 21.8 Å². The first-order valence-corrected chi connectivity index (χ1v) is 6.69. The minimum absolute atomic E-state index is 0.546. The Kier molecular flexibility index (Phi) is 4.18. The molecule has 3 nitrogen and oxygen atoms in total. The van der Waals surface area contributed by atoms with Crippen molar-refractivity contribution in [1.29, 1.82) is 0 Å². The Morgan fingerprint density at radius 3 is 2.94 bits per heavy atom. The van der Waals surface area contributed by atoms with Crippen molar-refractivity contribution in [3.8, 4) is 11.5 Å². The molecule has 0 saturated carbocycles. The van der Waals surface area contributed by atoms with Gasteiger partial charge in [-0.05, 0) is 40.9 Å². The van der Waals surface area contributed by atoms with Gasteiger partial charge in [0.15, 0.2) is 0 Å². The van der Waals surface area contributed by atoms with Crippen LogP contribution in [0.1, 0.15) is 17.9 Å². The van der Waals surface area contributed by atoms with E-state index in [4.69, 9.17) is 16.0 Å². The van der Waals surface area contributed by atoms with Crippen LogP contribution >= 0.6 is 27.5 Å². The van der Waals surface area contributed by atoms with Gasteiger partial charge in [0.1, 0.15) is 0 Å². The van der Waals surface area contributed by atoms with E-state index in [0.717, 1.165) is 28.4 Å². The lowest BCUT2D eigenvalue weighted by Crippen LogP contribution is -1.85. The molecule has 2 rings (SSSR count). The van der Waals surface area contributed by atoms with E-state index >= 15 is 0 Å². The quantitative estimate of drug-likeness (QED) is 0.801. The predicted octanol–water partition coefficient (Wildman–Crippen LogP) is 3.98. The van der Waals surface area contributed by atoms with Crippen LogP contribution in [0.25, 0.3) is 11.5 Å². The van der Waals surface area contributed by atoms with E-state index < -0.39 is 0 Å². The average molecular weight is 316 g/mol. The van der Waals surface area contributed by atoms with E-state index in [1.54, 1.807) is 0 Å². The fourth-order valence-electron chi connectivity index (χ4n) is 1.49. The second kappa shape index (κ2) is 5.65. The van der Waals surface area contributed by atoms with Crippen LogP contribution in [0, 0.1) is 6.92 Å². The summed E-state index contributed by atoms with van der Waals surface area (Å²) in [6.45, 7) is 2.03. The number of halogens is 2. The highest BCUT2D eigenvalue weighted by Crippen LogP contribution is 2.29. The molecule has 90 valence electrons. The minimum Gasteiger partial charge on any atom is -0.421 e. The average Bonchev–Trinajstić information content (AvgIpc) is 2.78. The molecular formula is C12H12BrClN2O. The first-order chi connectivity index (χ1) is 8.22. The lowest BCUT2D eigenvalue weighted by atomic mass is 10.1. The maximum absolute atomic E-state index is 5.62. The van der Waals surface area contributed by atoms with Crippen LogP contribution < -0.4 is 0 Å². The summed E-state index contributed by atoms with van der Waals surface area (Å²) in [7, 11) is 0. The Labute approximate surface area is 113 Å². The summed E-state index contributed by atoms with van der Waals surface area (Å²) >= 11 is 9.15. The summed E-state index contributed by atoms with van der Waals surface area (Å²) in [5.74, 6) is 1.78. The van der Waals surface area contributed by atoms with E-state index in [2.05, 4.69) is 26.1 Å². The van der Waals surface area contributed by atoms with Gasteiger partial charge in [0.25, 0.3) is 0 Å². The number of hydrogen-bond donors (Lipinski definition) is 0. The number of aromatic nitrogens is 2. The Morgan fingerprint density at radius 2 is 2.18 bits per heavy atom. The molecule has 0 fully saturated rings. The van der Waals surface area contributed by atoms with E-state index in [9.17, 15) is 0 Å². The Hall–Kier alpha value is -0.870. The van der Waals surface area contributed by atoms with Crippen LogP contribution in [-0.4, -0.2) is 16.1 Å². The van der Waals surface area contributed by atoms with Crippen LogP contribution in [-0.2, 0) is 6.42 Å². The summed E-state index contributed by atoms with van der Waals surface area (Å²) in [5, 5.41) is 8.06. The molecule has 0 radical (unpaired) electrons. The largest absolute Gasteiger partial charge is 0.421 e. The SMILES string of the molecule is Cc1cccc(-c2nnc(CCCCl)o2)c1Br. The Morgan fingerprint density at radius 1 is 1.35 bits per heavy atom. The van der Waals surface area contributed by atoms with Gasteiger partial charge in [-0.1, -0.05) is 12.1 Å². The fraction of sp³-hybridized carbons (Fsp3) is 0.333. The summed E-state index contributed by atoms with van der Waals surface area (Å²) in [6.07, 6.45) is 1.57. The monoisotopic (exact) mass is 314 g/mol. The van der Waals surface area contributed by atoms with Crippen molar-refractivity contribution >= 4 is 27.5 Å². The number of alkyl halides is 1. The Balaban J connectivity index is 2.27. The standard InChI is InChI=1S/C12H12BrClN2O/c1-8-4-2-5-9(11(8)13)12-16-15-10(17-12)6-3-7-14/h2,4-5H,3,6-7H2,1H3. The number of rotatable bonds is 4. The molecule has 17 heavy (non-hydrogen) atoms. The van der Waals surface area contributed by atoms with Crippen LogP contribution in [0.4, 0.5) is 0 Å². The van der Waals surface area contributed by atoms with Gasteiger partial charge in [0.2, 0.25) is 11.8 Å². The molecule has 1 aromatic carbocycles. The molecule has 0 saturated heterocycles. The zero-order chi connectivity index (χ0) is 12.3. The van der Waals surface area contributed by atoms with Crippen molar-refractivity contribution in [1.82, 2.24) is 10.2 Å². The van der Waals surface area contributed by atoms with Crippen LogP contribution in [0.2, 0.25) is 0 Å². The summed E-state index contributed by atoms with van der Waals surface area (Å²) < 4.78 is 6.59. The van der Waals surface area contributed by atoms with Crippen LogP contribution in [0.15, 0.2) is 27.1 Å². The topological polar surface area (TPSA) is 38.9 Å². The van der Waals surface area contributed by atoms with Crippen LogP contribution in [0.3, 0.4) is 0 Å². The van der Waals surface area contributed by atoms with Gasteiger partial charge < -0.3 is 4.42 Å². The third-order valence-corrected chi connectivity index (χ3v) is 3.73. The van der Waals surface area contributed by atoms with E-state index in [0.29, 0.717) is 17.7 Å². The van der Waals surface area contributed by atoms with Crippen molar-refractivity contribution in [2.75, 3.05) is 5.88 Å². The van der Waals surface area contributed by atoms with Crippen molar-refractivity contribution in [2.45, 2.75) is 19.8 Å². The molecule has 2 aromatic rings. The maximum atomic E-state index is 5.62. The first kappa shape index (κ1) is 12.6. The van der Waals surface area contributed by atoms with Crippen molar-refractivity contribution < 1.29 is 4.42 Å². The molecule has 5 heteroatoms. The molecule has 0 spiro atoms. The highest BCUT2D eigenvalue weighted by molar-refractivity contribution is 9.10. The fourth-order valence-corrected chi connectivity index (χ4v) is 2.06. The molecule has 0 amide bonds. The van der Waals surface area contributed by atoms with E-state index in [-0.39, 0.29) is 0 Å². The van der Waals surface area contributed by atoms with Crippen LogP contribution in [0.5, 0.6) is 0 Å². The molecule has 0 aliphatic rings. The second-order valence-electron chi connectivity index (χ2n) is 3.73. The molecule has 0 aliphatic heterocycles. The van der Waals surface area contributed by atoms with Gasteiger partial charge >= 0.3 is 0 Å². The van der Waals surface area contributed by atoms with E-state index in [1.807, 2.05) is 25.1 Å². The summed E-state index contributed by atoms with van der Waals surface area (Å²) in [5.41, 5.74) is 2.07. The lowest BCUT2D eigenvalue weighted by molar-refractivity contribution is 0.502. The summed E-state index contributed by atoms with van der Waals surface area (Å²) in [4.78, 5) is 0. The molecule has 1 heterocycles. The van der Waals surface area contributed by atoms with Crippen molar-refractivity contribution in [3.05, 3.63) is 34.1 Å². The minimum atomic E-state index is 0.546. The third kappa shape index (κ3) is 2.87. The maximum Gasteiger partial charge on any atom is 0.248 e. The number of benzene rings is 1. The second-order valence-corrected chi connectivity index (χ2v) is 4.90. The zero-order valence-electron chi connectivity index (χ0n) is 9.41. The highest BCUT2D eigenvalue weighted by atomic mass is 79.9. The molecule has 0 bridgehead atoms. The molecular weight excluding hydrogens is 304 g/mol. The molecule has 1 aromatic heterocycles. The van der Waals surface area contributed by atoms with Gasteiger partial charge in [0, 0.05) is 16.8 Å². The lowest BCUT2D eigenvalue weighted by Gasteiger charge is -2.01. The Bertz CT molecular complexity index is 513. The van der Waals surface area contributed by atoms with Gasteiger partial charge in [-0.2, -0.15) is 0 Å². The molecule has 0 unspecified atom stereocenters. The third-order valence-electron chi connectivity index (χ3n) is 2.41. The number of nitrogens with zero attached hydrogens (tertiary/aromatic N) is 2. The zero-order valence-corrected chi connectivity index (χ0v) is 11.8. The summed E-state index contributed by atoms with van der Waals surface area (Å²) in [6, 6.07) is 5.95. The van der Waals surface area contributed by atoms with Gasteiger partial charge in [0.05, 0.1) is 5.56 Å². The number of aryl methyl sites for hydroxylation is 2.